The second-order valence-electron chi connectivity index (χ2n) is 7.42. The van der Waals surface area contributed by atoms with E-state index < -0.39 is 11.4 Å². The highest BCUT2D eigenvalue weighted by Gasteiger charge is 2.39. The topological polar surface area (TPSA) is 82.1 Å². The van der Waals surface area contributed by atoms with Crippen LogP contribution in [0.1, 0.15) is 47.2 Å². The summed E-state index contributed by atoms with van der Waals surface area (Å²) >= 11 is 0. The van der Waals surface area contributed by atoms with Crippen molar-refractivity contribution in [1.29, 1.82) is 0 Å². The maximum absolute atomic E-state index is 12.0. The standard InChI is InChI=1S/C24H22O6/c1-28-20-7-6-19(21-22(20)30-15-14-29-21)24(12-9-18(25)10-13-24)11-8-16-2-4-17(5-3-16)23(26)27/h2-7H,9-10,12-15H2,1H3,(H,26,27). The van der Waals surface area contributed by atoms with Gasteiger partial charge in [0.1, 0.15) is 19.0 Å². The smallest absolute Gasteiger partial charge is 0.335 e. The Bertz CT molecular complexity index is 1030. The van der Waals surface area contributed by atoms with Crippen LogP contribution in [0.15, 0.2) is 36.4 Å². The van der Waals surface area contributed by atoms with Gasteiger partial charge in [-0.3, -0.25) is 4.79 Å². The van der Waals surface area contributed by atoms with Crippen molar-refractivity contribution >= 4 is 11.8 Å². The number of carbonyl (C=O) groups excluding carboxylic acids is 1. The van der Waals surface area contributed by atoms with Gasteiger partial charge in [-0.2, -0.15) is 0 Å². The van der Waals surface area contributed by atoms with Crippen LogP contribution < -0.4 is 14.2 Å². The second kappa shape index (κ2) is 8.11. The van der Waals surface area contributed by atoms with Gasteiger partial charge in [-0.1, -0.05) is 11.8 Å². The Kier molecular flexibility index (Phi) is 5.37. The Morgan fingerprint density at radius 1 is 1.03 bits per heavy atom. The van der Waals surface area contributed by atoms with E-state index in [1.807, 2.05) is 12.1 Å². The van der Waals surface area contributed by atoms with Crippen molar-refractivity contribution in [2.45, 2.75) is 31.1 Å². The monoisotopic (exact) mass is 406 g/mol. The first-order valence-corrected chi connectivity index (χ1v) is 9.88. The molecular weight excluding hydrogens is 384 g/mol. The molecule has 1 fully saturated rings. The number of carboxylic acid groups (broad SMARTS) is 1. The molecule has 2 aliphatic rings. The number of benzene rings is 2. The van der Waals surface area contributed by atoms with Crippen molar-refractivity contribution in [2.75, 3.05) is 20.3 Å². The number of Topliss-reactive ketones (excluding diaryl/α,β-unsaturated/α-hetero) is 1. The molecule has 30 heavy (non-hydrogen) atoms. The largest absolute Gasteiger partial charge is 0.493 e. The van der Waals surface area contributed by atoms with E-state index in [1.165, 1.54) is 12.1 Å². The molecule has 6 nitrogen and oxygen atoms in total. The third-order valence-corrected chi connectivity index (χ3v) is 5.63. The molecule has 2 aromatic carbocycles. The minimum Gasteiger partial charge on any atom is -0.493 e. The van der Waals surface area contributed by atoms with Gasteiger partial charge in [0, 0.05) is 24.0 Å². The highest BCUT2D eigenvalue weighted by atomic mass is 16.6. The van der Waals surface area contributed by atoms with Gasteiger partial charge in [0.05, 0.1) is 18.1 Å². The second-order valence-corrected chi connectivity index (χ2v) is 7.42. The average molecular weight is 406 g/mol. The molecule has 1 aliphatic heterocycles. The van der Waals surface area contributed by atoms with Gasteiger partial charge < -0.3 is 19.3 Å². The van der Waals surface area contributed by atoms with Crippen LogP contribution in [-0.4, -0.2) is 37.2 Å². The number of methoxy groups -OCH3 is 1. The van der Waals surface area contributed by atoms with Crippen molar-refractivity contribution in [3.8, 4) is 29.1 Å². The number of ketones is 1. The predicted molar refractivity (Wildman–Crippen MR) is 109 cm³/mol. The van der Waals surface area contributed by atoms with Gasteiger partial charge in [-0.05, 0) is 49.2 Å². The van der Waals surface area contributed by atoms with Crippen LogP contribution in [0.2, 0.25) is 0 Å². The van der Waals surface area contributed by atoms with Crippen molar-refractivity contribution < 1.29 is 28.9 Å². The average Bonchev–Trinajstić information content (AvgIpc) is 2.78. The molecule has 0 aromatic heterocycles. The summed E-state index contributed by atoms with van der Waals surface area (Å²) in [6, 6.07) is 10.3. The Hall–Kier alpha value is -3.46. The van der Waals surface area contributed by atoms with Gasteiger partial charge in [-0.15, -0.1) is 0 Å². The molecule has 0 spiro atoms. The highest BCUT2D eigenvalue weighted by molar-refractivity contribution is 5.87. The van der Waals surface area contributed by atoms with E-state index in [9.17, 15) is 9.59 Å². The summed E-state index contributed by atoms with van der Waals surface area (Å²) in [6.07, 6.45) is 2.09. The van der Waals surface area contributed by atoms with Crippen LogP contribution in [0.25, 0.3) is 0 Å². The zero-order valence-corrected chi connectivity index (χ0v) is 16.7. The first-order chi connectivity index (χ1) is 14.5. The summed E-state index contributed by atoms with van der Waals surface area (Å²) in [5.41, 5.74) is 1.28. The minimum absolute atomic E-state index is 0.216. The lowest BCUT2D eigenvalue weighted by Crippen LogP contribution is -2.32. The number of hydrogen-bond donors (Lipinski definition) is 1. The van der Waals surface area contributed by atoms with Crippen molar-refractivity contribution in [3.05, 3.63) is 53.1 Å². The van der Waals surface area contributed by atoms with Gasteiger partial charge in [0.25, 0.3) is 0 Å². The van der Waals surface area contributed by atoms with E-state index in [2.05, 4.69) is 11.8 Å². The van der Waals surface area contributed by atoms with E-state index in [1.54, 1.807) is 19.2 Å². The highest BCUT2D eigenvalue weighted by Crippen LogP contribution is 2.49. The quantitative estimate of drug-likeness (QED) is 0.785. The molecule has 0 amide bonds. The molecule has 1 saturated carbocycles. The summed E-state index contributed by atoms with van der Waals surface area (Å²) in [4.78, 5) is 23.0. The Morgan fingerprint density at radius 3 is 2.33 bits per heavy atom. The summed E-state index contributed by atoms with van der Waals surface area (Å²) in [7, 11) is 1.59. The third-order valence-electron chi connectivity index (χ3n) is 5.63. The van der Waals surface area contributed by atoms with Crippen LogP contribution in [0.3, 0.4) is 0 Å². The predicted octanol–water partition coefficient (Wildman–Crippen LogP) is 3.60. The maximum Gasteiger partial charge on any atom is 0.335 e. The Labute approximate surface area is 174 Å². The van der Waals surface area contributed by atoms with Crippen LogP contribution in [0.5, 0.6) is 17.2 Å². The summed E-state index contributed by atoms with van der Waals surface area (Å²) in [6.45, 7) is 0.881. The lowest BCUT2D eigenvalue weighted by Gasteiger charge is -2.35. The molecule has 6 heteroatoms. The molecule has 1 heterocycles. The molecule has 154 valence electrons. The van der Waals surface area contributed by atoms with E-state index in [-0.39, 0.29) is 11.3 Å². The molecule has 0 atom stereocenters. The lowest BCUT2D eigenvalue weighted by molar-refractivity contribution is -0.121. The molecule has 4 rings (SSSR count). The fraction of sp³-hybridized carbons (Fsp3) is 0.333. The minimum atomic E-state index is -0.973. The molecule has 0 unspecified atom stereocenters. The number of aromatic carboxylic acids is 1. The van der Waals surface area contributed by atoms with Gasteiger partial charge in [0.2, 0.25) is 5.75 Å². The zero-order valence-electron chi connectivity index (χ0n) is 16.7. The zero-order chi connectivity index (χ0) is 21.1. The summed E-state index contributed by atoms with van der Waals surface area (Å²) in [5, 5.41) is 9.08. The van der Waals surface area contributed by atoms with Crippen molar-refractivity contribution in [2.24, 2.45) is 0 Å². The van der Waals surface area contributed by atoms with Crippen LogP contribution in [-0.2, 0) is 10.2 Å². The number of ether oxygens (including phenoxy) is 3. The summed E-state index contributed by atoms with van der Waals surface area (Å²) < 4.78 is 17.2. The lowest BCUT2D eigenvalue weighted by atomic mass is 9.69. The SMILES string of the molecule is COc1ccc(C2(C#Cc3ccc(C(=O)O)cc3)CCC(=O)CC2)c2c1OCCO2. The molecule has 1 aliphatic carbocycles. The van der Waals surface area contributed by atoms with Gasteiger partial charge in [-0.25, -0.2) is 4.79 Å². The fourth-order valence-corrected chi connectivity index (χ4v) is 3.95. The normalized spacial score (nSPS) is 16.9. The van der Waals surface area contributed by atoms with Crippen LogP contribution in [0, 0.1) is 11.8 Å². The third kappa shape index (κ3) is 3.71. The van der Waals surface area contributed by atoms with E-state index in [0.717, 1.165) is 11.1 Å². The van der Waals surface area contributed by atoms with E-state index >= 15 is 0 Å². The van der Waals surface area contributed by atoms with Crippen LogP contribution in [0.4, 0.5) is 0 Å². The number of fused-ring (bicyclic) bond motifs is 1. The number of carboxylic acids is 1. The first-order valence-electron chi connectivity index (χ1n) is 9.88. The van der Waals surface area contributed by atoms with Crippen LogP contribution >= 0.6 is 0 Å². The first kappa shape index (κ1) is 19.8. The number of hydrogen-bond acceptors (Lipinski definition) is 5. The molecule has 0 radical (unpaired) electrons. The maximum atomic E-state index is 12.0. The fourth-order valence-electron chi connectivity index (χ4n) is 3.95. The van der Waals surface area contributed by atoms with Crippen molar-refractivity contribution in [3.63, 3.8) is 0 Å². The van der Waals surface area contributed by atoms with E-state index in [4.69, 9.17) is 19.3 Å². The number of rotatable bonds is 3. The summed E-state index contributed by atoms with van der Waals surface area (Å²) in [5.74, 6) is 7.66. The van der Waals surface area contributed by atoms with Crippen molar-refractivity contribution in [1.82, 2.24) is 0 Å². The number of carbonyl (C=O) groups is 2. The Morgan fingerprint density at radius 2 is 1.70 bits per heavy atom. The van der Waals surface area contributed by atoms with Gasteiger partial charge >= 0.3 is 5.97 Å². The molecular formula is C24H22O6. The van der Waals surface area contributed by atoms with Gasteiger partial charge in [0.15, 0.2) is 11.5 Å². The molecule has 2 aromatic rings. The molecule has 1 N–H and O–H groups in total. The van der Waals surface area contributed by atoms with E-state index in [0.29, 0.717) is 56.1 Å². The Balaban J connectivity index is 1.78. The molecule has 0 bridgehead atoms. The molecule has 0 saturated heterocycles.